The van der Waals surface area contributed by atoms with Gasteiger partial charge in [-0.2, -0.15) is 0 Å². The van der Waals surface area contributed by atoms with Gasteiger partial charge >= 0.3 is 0 Å². The first-order valence-electron chi connectivity index (χ1n) is 9.39. The Hall–Kier alpha value is -1.76. The van der Waals surface area contributed by atoms with E-state index in [0.717, 1.165) is 11.1 Å². The van der Waals surface area contributed by atoms with Crippen molar-refractivity contribution in [1.29, 1.82) is 0 Å². The smallest absolute Gasteiger partial charge is 0.190 e. The Kier molecular flexibility index (Phi) is 5.57. The topological polar surface area (TPSA) is 46.2 Å². The maximum atomic E-state index is 6.20. The normalized spacial score (nSPS) is 29.0. The Labute approximate surface area is 160 Å². The first-order chi connectivity index (χ1) is 13.1. The number of ether oxygens (including phenoxy) is 5. The Morgan fingerprint density at radius 1 is 0.852 bits per heavy atom. The summed E-state index contributed by atoms with van der Waals surface area (Å²) in [6, 6.07) is 20.2. The summed E-state index contributed by atoms with van der Waals surface area (Å²) in [6.45, 7) is 5.24. The molecule has 1 unspecified atom stereocenters. The van der Waals surface area contributed by atoms with Crippen molar-refractivity contribution >= 4 is 0 Å². The molecule has 2 aliphatic rings. The lowest BCUT2D eigenvalue weighted by molar-refractivity contribution is -0.225. The molecule has 4 rings (SSSR count). The Morgan fingerprint density at radius 3 is 2.15 bits per heavy atom. The minimum atomic E-state index is -0.667. The molecule has 27 heavy (non-hydrogen) atoms. The second-order valence-corrected chi connectivity index (χ2v) is 7.41. The summed E-state index contributed by atoms with van der Waals surface area (Å²) < 4.78 is 30.1. The number of fused-ring (bicyclic) bond motifs is 1. The Morgan fingerprint density at radius 2 is 1.48 bits per heavy atom. The van der Waals surface area contributed by atoms with Gasteiger partial charge in [-0.3, -0.25) is 0 Å². The fraction of sp³-hybridized carbons (Fsp3) is 0.455. The highest BCUT2D eigenvalue weighted by Gasteiger charge is 2.55. The molecule has 5 heteroatoms. The number of rotatable bonds is 7. The third kappa shape index (κ3) is 4.57. The van der Waals surface area contributed by atoms with Crippen molar-refractivity contribution in [3.05, 3.63) is 71.8 Å². The molecule has 2 fully saturated rings. The highest BCUT2D eigenvalue weighted by atomic mass is 16.8. The maximum Gasteiger partial charge on any atom is 0.190 e. The molecule has 5 nitrogen and oxygen atoms in total. The first-order valence-corrected chi connectivity index (χ1v) is 9.39. The minimum absolute atomic E-state index is 0.233. The first kappa shape index (κ1) is 18.6. The molecule has 0 radical (unpaired) electrons. The summed E-state index contributed by atoms with van der Waals surface area (Å²) in [6.07, 6.45) is -1.16. The molecule has 0 bridgehead atoms. The van der Waals surface area contributed by atoms with Gasteiger partial charge in [-0.1, -0.05) is 60.7 Å². The van der Waals surface area contributed by atoms with E-state index in [0.29, 0.717) is 19.8 Å². The van der Waals surface area contributed by atoms with Gasteiger partial charge in [0, 0.05) is 0 Å². The third-order valence-corrected chi connectivity index (χ3v) is 4.77. The van der Waals surface area contributed by atoms with Crippen LogP contribution >= 0.6 is 0 Å². The zero-order valence-corrected chi connectivity index (χ0v) is 15.7. The van der Waals surface area contributed by atoms with Crippen molar-refractivity contribution < 1.29 is 23.7 Å². The largest absolute Gasteiger partial charge is 0.374 e. The summed E-state index contributed by atoms with van der Waals surface area (Å²) in [4.78, 5) is 0. The predicted molar refractivity (Wildman–Crippen MR) is 99.8 cm³/mol. The van der Waals surface area contributed by atoms with E-state index in [2.05, 4.69) is 0 Å². The number of hydrogen-bond donors (Lipinski definition) is 0. The van der Waals surface area contributed by atoms with Gasteiger partial charge in [0.2, 0.25) is 0 Å². The van der Waals surface area contributed by atoms with Crippen molar-refractivity contribution in [2.24, 2.45) is 0 Å². The van der Waals surface area contributed by atoms with E-state index >= 15 is 0 Å². The zero-order valence-electron chi connectivity index (χ0n) is 15.7. The predicted octanol–water partition coefficient (Wildman–Crippen LogP) is 3.67. The van der Waals surface area contributed by atoms with Crippen LogP contribution in [0.5, 0.6) is 0 Å². The van der Waals surface area contributed by atoms with E-state index in [4.69, 9.17) is 23.7 Å². The fourth-order valence-corrected chi connectivity index (χ4v) is 3.52. The molecule has 4 atom stereocenters. The lowest BCUT2D eigenvalue weighted by Gasteiger charge is -2.26. The molecular formula is C22H26O5. The molecule has 0 aromatic heterocycles. The monoisotopic (exact) mass is 370 g/mol. The van der Waals surface area contributed by atoms with Gasteiger partial charge < -0.3 is 23.7 Å². The van der Waals surface area contributed by atoms with Crippen molar-refractivity contribution in [1.82, 2.24) is 0 Å². The van der Waals surface area contributed by atoms with Crippen LogP contribution in [0.4, 0.5) is 0 Å². The highest BCUT2D eigenvalue weighted by molar-refractivity contribution is 5.14. The minimum Gasteiger partial charge on any atom is -0.374 e. The lowest BCUT2D eigenvalue weighted by Crippen LogP contribution is -2.38. The molecule has 2 aliphatic heterocycles. The second-order valence-electron chi connectivity index (χ2n) is 7.41. The molecule has 0 saturated carbocycles. The number of hydrogen-bond acceptors (Lipinski definition) is 5. The zero-order chi connectivity index (χ0) is 18.7. The van der Waals surface area contributed by atoms with Crippen LogP contribution in [0.2, 0.25) is 0 Å². The molecule has 2 saturated heterocycles. The van der Waals surface area contributed by atoms with E-state index in [1.165, 1.54) is 0 Å². The molecule has 0 spiro atoms. The van der Waals surface area contributed by atoms with Crippen LogP contribution in [0.3, 0.4) is 0 Å². The standard InChI is InChI=1S/C22H26O5/c1-22(2)26-20-19(24-14-17-11-7-4-8-12-17)18(25-21(20)27-22)15-23-13-16-9-5-3-6-10-16/h3-12,18-21H,13-15H2,1-2H3/t18-,19?,20-,21-/m1/s1. The van der Waals surface area contributed by atoms with E-state index in [9.17, 15) is 0 Å². The third-order valence-electron chi connectivity index (χ3n) is 4.77. The van der Waals surface area contributed by atoms with Crippen molar-refractivity contribution in [3.63, 3.8) is 0 Å². The lowest BCUT2D eigenvalue weighted by atomic mass is 10.1. The fourth-order valence-electron chi connectivity index (χ4n) is 3.52. The summed E-state index contributed by atoms with van der Waals surface area (Å²) in [5.74, 6) is -0.667. The average molecular weight is 370 g/mol. The van der Waals surface area contributed by atoms with Crippen molar-refractivity contribution in [2.45, 2.75) is 57.5 Å². The van der Waals surface area contributed by atoms with E-state index < -0.39 is 12.1 Å². The maximum absolute atomic E-state index is 6.20. The second kappa shape index (κ2) is 8.09. The van der Waals surface area contributed by atoms with Crippen LogP contribution in [0.15, 0.2) is 60.7 Å². The van der Waals surface area contributed by atoms with Gasteiger partial charge in [0.25, 0.3) is 0 Å². The van der Waals surface area contributed by atoms with Crippen LogP contribution in [0.1, 0.15) is 25.0 Å². The van der Waals surface area contributed by atoms with Crippen molar-refractivity contribution in [3.8, 4) is 0 Å². The van der Waals surface area contributed by atoms with Gasteiger partial charge in [0.05, 0.1) is 19.8 Å². The molecule has 0 amide bonds. The van der Waals surface area contributed by atoms with Crippen LogP contribution in [0.25, 0.3) is 0 Å². The molecule has 0 N–H and O–H groups in total. The van der Waals surface area contributed by atoms with E-state index in [1.54, 1.807) is 0 Å². The van der Waals surface area contributed by atoms with Gasteiger partial charge in [0.1, 0.15) is 18.3 Å². The summed E-state index contributed by atoms with van der Waals surface area (Å²) >= 11 is 0. The SMILES string of the molecule is CC1(C)O[C@H]2O[C@H](COCc3ccccc3)C(OCc3ccccc3)[C@H]2O1. The van der Waals surface area contributed by atoms with E-state index in [-0.39, 0.29) is 18.3 Å². The van der Waals surface area contributed by atoms with E-state index in [1.807, 2.05) is 74.5 Å². The van der Waals surface area contributed by atoms with Crippen LogP contribution in [-0.2, 0) is 36.9 Å². The van der Waals surface area contributed by atoms with Crippen LogP contribution < -0.4 is 0 Å². The van der Waals surface area contributed by atoms with Crippen molar-refractivity contribution in [2.75, 3.05) is 6.61 Å². The summed E-state index contributed by atoms with van der Waals surface area (Å²) in [5.41, 5.74) is 2.24. The van der Waals surface area contributed by atoms with Crippen LogP contribution in [-0.4, -0.2) is 37.0 Å². The van der Waals surface area contributed by atoms with Crippen LogP contribution in [0, 0.1) is 0 Å². The quantitative estimate of drug-likeness (QED) is 0.744. The summed E-state index contributed by atoms with van der Waals surface area (Å²) in [5, 5.41) is 0. The average Bonchev–Trinajstić information content (AvgIpc) is 3.13. The molecule has 2 aromatic carbocycles. The molecule has 0 aliphatic carbocycles. The number of benzene rings is 2. The summed E-state index contributed by atoms with van der Waals surface area (Å²) in [7, 11) is 0. The molecule has 2 aromatic rings. The molecule has 144 valence electrons. The van der Waals surface area contributed by atoms with Gasteiger partial charge in [-0.05, 0) is 25.0 Å². The highest BCUT2D eigenvalue weighted by Crippen LogP contribution is 2.39. The molecular weight excluding hydrogens is 344 g/mol. The van der Waals surface area contributed by atoms with Gasteiger partial charge in [-0.15, -0.1) is 0 Å². The van der Waals surface area contributed by atoms with Gasteiger partial charge in [0.15, 0.2) is 12.1 Å². The Balaban J connectivity index is 1.38. The molecule has 2 heterocycles. The Bertz CT molecular complexity index is 718. The van der Waals surface area contributed by atoms with Gasteiger partial charge in [-0.25, -0.2) is 0 Å².